The number of benzene rings is 3. The Labute approximate surface area is 213 Å². The number of anilines is 1. The van der Waals surface area contributed by atoms with Crippen LogP contribution < -0.4 is 10.2 Å². The Kier molecular flexibility index (Phi) is 6.15. The summed E-state index contributed by atoms with van der Waals surface area (Å²) in [7, 11) is 1.63. The number of ketones is 1. The maximum atomic E-state index is 13.3. The quantitative estimate of drug-likeness (QED) is 0.123. The van der Waals surface area contributed by atoms with Crippen LogP contribution >= 0.6 is 0 Å². The Morgan fingerprint density at radius 3 is 2.51 bits per heavy atom. The third-order valence-electron chi connectivity index (χ3n) is 6.35. The van der Waals surface area contributed by atoms with Gasteiger partial charge in [-0.2, -0.15) is 5.10 Å². The number of carbonyl (C=O) groups excluding carboxylic acids is 1. The van der Waals surface area contributed by atoms with Crippen LogP contribution in [0.1, 0.15) is 34.1 Å². The van der Waals surface area contributed by atoms with Crippen molar-refractivity contribution >= 4 is 39.2 Å². The molecule has 0 unspecified atom stereocenters. The summed E-state index contributed by atoms with van der Waals surface area (Å²) in [6.07, 6.45) is 1.81. The molecule has 184 valence electrons. The summed E-state index contributed by atoms with van der Waals surface area (Å²) in [6, 6.07) is 23.7. The molecule has 0 amide bonds. The number of rotatable bonds is 7. The normalized spacial score (nSPS) is 11.6. The lowest BCUT2D eigenvalue weighted by Crippen LogP contribution is -2.08. The van der Waals surface area contributed by atoms with Gasteiger partial charge in [-0.15, -0.1) is 0 Å². The Bertz CT molecular complexity index is 1720. The molecule has 2 heterocycles. The van der Waals surface area contributed by atoms with Crippen LogP contribution in [0.25, 0.3) is 16.3 Å². The van der Waals surface area contributed by atoms with Gasteiger partial charge in [0.25, 0.3) is 5.69 Å². The van der Waals surface area contributed by atoms with Crippen molar-refractivity contribution in [1.82, 2.24) is 4.40 Å². The molecule has 3 aromatic carbocycles. The number of pyridine rings is 1. The molecule has 0 fully saturated rings. The molecule has 5 rings (SSSR count). The predicted molar refractivity (Wildman–Crippen MR) is 145 cm³/mol. The Hall–Kier alpha value is -4.98. The maximum Gasteiger partial charge on any atom is 0.294 e. The molecule has 37 heavy (non-hydrogen) atoms. The first kappa shape index (κ1) is 23.7. The summed E-state index contributed by atoms with van der Waals surface area (Å²) in [5.74, 6) is 0.493. The topological polar surface area (TPSA) is 98.2 Å². The standard InChI is InChI=1S/C29H24N4O4/c1-18-14-24-6-4-5-13-32(24)28(18)29(34)23-10-12-26(27(17-23)33(35)36)31-30-19(2)20-7-8-22-16-25(37-3)11-9-21(22)15-20/h4-17,31H,1-3H3. The first-order valence-corrected chi connectivity index (χ1v) is 11.6. The van der Waals surface area contributed by atoms with Crippen molar-refractivity contribution in [1.29, 1.82) is 0 Å². The molecular weight excluding hydrogens is 468 g/mol. The molecule has 8 heteroatoms. The van der Waals surface area contributed by atoms with Crippen molar-refractivity contribution in [3.8, 4) is 5.75 Å². The van der Waals surface area contributed by atoms with Crippen LogP contribution in [-0.2, 0) is 0 Å². The smallest absolute Gasteiger partial charge is 0.294 e. The molecule has 0 aliphatic rings. The number of nitro benzene ring substituents is 1. The summed E-state index contributed by atoms with van der Waals surface area (Å²) >= 11 is 0. The van der Waals surface area contributed by atoms with E-state index in [1.165, 1.54) is 12.1 Å². The number of carbonyl (C=O) groups is 1. The van der Waals surface area contributed by atoms with Gasteiger partial charge < -0.3 is 9.14 Å². The fraction of sp³-hybridized carbons (Fsp3) is 0.103. The van der Waals surface area contributed by atoms with Crippen LogP contribution in [0.3, 0.4) is 0 Å². The SMILES string of the molecule is COc1ccc2cc(C(C)=NNc3ccc(C(=O)c4c(C)cc5ccccn45)cc3[N+](=O)[O-])ccc2c1. The third-order valence-corrected chi connectivity index (χ3v) is 6.35. The average molecular weight is 493 g/mol. The Morgan fingerprint density at radius 2 is 1.73 bits per heavy atom. The van der Waals surface area contributed by atoms with Crippen molar-refractivity contribution in [2.45, 2.75) is 13.8 Å². The van der Waals surface area contributed by atoms with Gasteiger partial charge in [0.1, 0.15) is 11.4 Å². The van der Waals surface area contributed by atoms with Gasteiger partial charge in [-0.05, 0) is 84.3 Å². The van der Waals surface area contributed by atoms with E-state index >= 15 is 0 Å². The molecule has 0 spiro atoms. The van der Waals surface area contributed by atoms with Crippen LogP contribution in [0.2, 0.25) is 0 Å². The zero-order valence-electron chi connectivity index (χ0n) is 20.6. The van der Waals surface area contributed by atoms with Crippen molar-refractivity contribution in [3.63, 3.8) is 0 Å². The highest BCUT2D eigenvalue weighted by Crippen LogP contribution is 2.28. The Morgan fingerprint density at radius 1 is 0.973 bits per heavy atom. The number of ether oxygens (including phenoxy) is 1. The van der Waals surface area contributed by atoms with Gasteiger partial charge in [0.05, 0.1) is 23.4 Å². The molecule has 5 aromatic rings. The number of aryl methyl sites for hydroxylation is 1. The number of hydrazone groups is 1. The third kappa shape index (κ3) is 4.52. The van der Waals surface area contributed by atoms with Crippen molar-refractivity contribution < 1.29 is 14.5 Å². The first-order chi connectivity index (χ1) is 17.9. The highest BCUT2D eigenvalue weighted by atomic mass is 16.6. The highest BCUT2D eigenvalue weighted by Gasteiger charge is 2.22. The van der Waals surface area contributed by atoms with E-state index in [2.05, 4.69) is 10.5 Å². The second kappa shape index (κ2) is 9.58. The average Bonchev–Trinajstić information content (AvgIpc) is 3.26. The van der Waals surface area contributed by atoms with Gasteiger partial charge in [-0.25, -0.2) is 0 Å². The van der Waals surface area contributed by atoms with Gasteiger partial charge in [0, 0.05) is 23.3 Å². The lowest BCUT2D eigenvalue weighted by molar-refractivity contribution is -0.384. The molecule has 0 atom stereocenters. The summed E-state index contributed by atoms with van der Waals surface area (Å²) < 4.78 is 7.07. The van der Waals surface area contributed by atoms with E-state index in [-0.39, 0.29) is 22.7 Å². The van der Waals surface area contributed by atoms with E-state index in [1.807, 2.05) is 74.5 Å². The summed E-state index contributed by atoms with van der Waals surface area (Å²) in [5.41, 5.74) is 6.70. The number of nitro groups is 1. The van der Waals surface area contributed by atoms with Gasteiger partial charge in [0.15, 0.2) is 0 Å². The molecule has 0 saturated carbocycles. The second-order valence-electron chi connectivity index (χ2n) is 8.73. The van der Waals surface area contributed by atoms with Crippen LogP contribution in [0.15, 0.2) is 90.2 Å². The highest BCUT2D eigenvalue weighted by molar-refractivity contribution is 6.10. The van der Waals surface area contributed by atoms with Crippen LogP contribution in [0.4, 0.5) is 11.4 Å². The molecule has 0 radical (unpaired) electrons. The number of hydrogen-bond acceptors (Lipinski definition) is 6. The van der Waals surface area contributed by atoms with E-state index in [0.29, 0.717) is 11.4 Å². The number of hydrogen-bond donors (Lipinski definition) is 1. The van der Waals surface area contributed by atoms with Gasteiger partial charge >= 0.3 is 0 Å². The van der Waals surface area contributed by atoms with E-state index in [1.54, 1.807) is 23.8 Å². The monoisotopic (exact) mass is 492 g/mol. The molecule has 0 bridgehead atoms. The number of fused-ring (bicyclic) bond motifs is 2. The lowest BCUT2D eigenvalue weighted by atomic mass is 10.0. The largest absolute Gasteiger partial charge is 0.497 e. The minimum Gasteiger partial charge on any atom is -0.497 e. The van der Waals surface area contributed by atoms with E-state index in [0.717, 1.165) is 33.2 Å². The number of nitrogens with one attached hydrogen (secondary N) is 1. The van der Waals surface area contributed by atoms with Crippen LogP contribution in [0, 0.1) is 17.0 Å². The molecule has 1 N–H and O–H groups in total. The fourth-order valence-corrected chi connectivity index (χ4v) is 4.39. The summed E-state index contributed by atoms with van der Waals surface area (Å²) in [6.45, 7) is 3.67. The van der Waals surface area contributed by atoms with Crippen LogP contribution in [0.5, 0.6) is 5.75 Å². The summed E-state index contributed by atoms with van der Waals surface area (Å²) in [4.78, 5) is 24.7. The van der Waals surface area contributed by atoms with E-state index in [9.17, 15) is 14.9 Å². The number of nitrogens with zero attached hydrogens (tertiary/aromatic N) is 3. The van der Waals surface area contributed by atoms with Crippen LogP contribution in [-0.4, -0.2) is 27.9 Å². The zero-order valence-corrected chi connectivity index (χ0v) is 20.6. The van der Waals surface area contributed by atoms with E-state index in [4.69, 9.17) is 4.74 Å². The molecule has 0 aliphatic heterocycles. The van der Waals surface area contributed by atoms with Crippen molar-refractivity contribution in [2.24, 2.45) is 5.10 Å². The molecular formula is C29H24N4O4. The Balaban J connectivity index is 1.43. The minimum absolute atomic E-state index is 0.197. The number of methoxy groups -OCH3 is 1. The van der Waals surface area contributed by atoms with Gasteiger partial charge in [-0.1, -0.05) is 24.3 Å². The fourth-order valence-electron chi connectivity index (χ4n) is 4.39. The van der Waals surface area contributed by atoms with Crippen molar-refractivity contribution in [3.05, 3.63) is 118 Å². The molecule has 8 nitrogen and oxygen atoms in total. The predicted octanol–water partition coefficient (Wildman–Crippen LogP) is 6.38. The van der Waals surface area contributed by atoms with E-state index < -0.39 is 4.92 Å². The van der Waals surface area contributed by atoms with Crippen molar-refractivity contribution in [2.75, 3.05) is 12.5 Å². The lowest BCUT2D eigenvalue weighted by Gasteiger charge is -2.08. The second-order valence-corrected chi connectivity index (χ2v) is 8.73. The maximum absolute atomic E-state index is 13.3. The van der Waals surface area contributed by atoms with Gasteiger partial charge in [-0.3, -0.25) is 20.3 Å². The first-order valence-electron chi connectivity index (χ1n) is 11.6. The number of aromatic nitrogens is 1. The van der Waals surface area contributed by atoms with Gasteiger partial charge in [0.2, 0.25) is 5.78 Å². The molecule has 2 aromatic heterocycles. The minimum atomic E-state index is -0.517. The molecule has 0 saturated heterocycles. The zero-order chi connectivity index (χ0) is 26.1. The molecule has 0 aliphatic carbocycles. The summed E-state index contributed by atoms with van der Waals surface area (Å²) in [5, 5.41) is 18.3.